The first-order valence-corrected chi connectivity index (χ1v) is 7.65. The number of hydrogen-bond acceptors (Lipinski definition) is 2. The van der Waals surface area contributed by atoms with Crippen molar-refractivity contribution in [1.82, 2.24) is 0 Å². The fraction of sp³-hybridized carbons (Fsp3) is 0.167. The molecule has 0 radical (unpaired) electrons. The Morgan fingerprint density at radius 1 is 1.14 bits per heavy atom. The van der Waals surface area contributed by atoms with Crippen molar-refractivity contribution in [2.45, 2.75) is 12.8 Å². The molecule has 0 unspecified atom stereocenters. The number of allylic oxidation sites excluding steroid dienone is 1. The quantitative estimate of drug-likeness (QED) is 0.741. The second-order valence-electron chi connectivity index (χ2n) is 5.04. The summed E-state index contributed by atoms with van der Waals surface area (Å²) in [6.07, 6.45) is 3.65. The third kappa shape index (κ3) is 2.79. The molecule has 0 atom stereocenters. The molecule has 21 heavy (non-hydrogen) atoms. The Morgan fingerprint density at radius 3 is 2.71 bits per heavy atom. The Bertz CT molecular complexity index is 732. The maximum Gasteiger partial charge on any atom is 0.189 e. The zero-order valence-electron chi connectivity index (χ0n) is 11.7. The lowest BCUT2D eigenvalue weighted by Gasteiger charge is -2.18. The molecule has 0 amide bonds. The summed E-state index contributed by atoms with van der Waals surface area (Å²) in [5.41, 5.74) is 3.75. The number of fused-ring (bicyclic) bond motifs is 1. The van der Waals surface area contributed by atoms with Crippen molar-refractivity contribution in [2.24, 2.45) is 0 Å². The average molecular weight is 343 g/mol. The van der Waals surface area contributed by atoms with Crippen molar-refractivity contribution in [1.29, 1.82) is 0 Å². The van der Waals surface area contributed by atoms with Gasteiger partial charge in [-0.1, -0.05) is 40.2 Å². The molecule has 106 valence electrons. The first kappa shape index (κ1) is 14.1. The molecule has 0 heterocycles. The van der Waals surface area contributed by atoms with Crippen molar-refractivity contribution in [3.8, 4) is 5.75 Å². The summed E-state index contributed by atoms with van der Waals surface area (Å²) in [4.78, 5) is 12.7. The zero-order chi connectivity index (χ0) is 14.8. The highest BCUT2D eigenvalue weighted by Crippen LogP contribution is 2.30. The van der Waals surface area contributed by atoms with Crippen LogP contribution in [0.3, 0.4) is 0 Å². The summed E-state index contributed by atoms with van der Waals surface area (Å²) in [5, 5.41) is 0. The summed E-state index contributed by atoms with van der Waals surface area (Å²) in [7, 11) is 1.62. The zero-order valence-corrected chi connectivity index (χ0v) is 13.3. The van der Waals surface area contributed by atoms with Gasteiger partial charge in [-0.25, -0.2) is 0 Å². The maximum atomic E-state index is 12.7. The highest BCUT2D eigenvalue weighted by Gasteiger charge is 2.22. The molecule has 3 rings (SSSR count). The van der Waals surface area contributed by atoms with E-state index in [9.17, 15) is 4.79 Å². The first-order chi connectivity index (χ1) is 10.2. The molecule has 0 aliphatic heterocycles. The Balaban J connectivity index is 2.00. The number of carbonyl (C=O) groups excluding carboxylic acids is 1. The lowest BCUT2D eigenvalue weighted by molar-refractivity contribution is 0.102. The molecule has 0 saturated carbocycles. The number of hydrogen-bond donors (Lipinski definition) is 0. The monoisotopic (exact) mass is 342 g/mol. The van der Waals surface area contributed by atoms with Crippen LogP contribution in [0.4, 0.5) is 0 Å². The Kier molecular flexibility index (Phi) is 3.93. The number of aryl methyl sites for hydroxylation is 1. The van der Waals surface area contributed by atoms with E-state index in [1.165, 1.54) is 0 Å². The minimum absolute atomic E-state index is 0.103. The number of halogens is 1. The molecule has 1 aliphatic rings. The Morgan fingerprint density at radius 2 is 1.95 bits per heavy atom. The predicted octanol–water partition coefficient (Wildman–Crippen LogP) is 4.67. The normalized spacial score (nSPS) is 15.9. The summed E-state index contributed by atoms with van der Waals surface area (Å²) in [5.74, 6) is 0.829. The van der Waals surface area contributed by atoms with E-state index in [0.717, 1.165) is 45.3 Å². The van der Waals surface area contributed by atoms with Crippen LogP contribution in [0.5, 0.6) is 5.75 Å². The summed E-state index contributed by atoms with van der Waals surface area (Å²) in [6.45, 7) is 0. The highest BCUT2D eigenvalue weighted by molar-refractivity contribution is 9.10. The van der Waals surface area contributed by atoms with Gasteiger partial charge in [-0.15, -0.1) is 0 Å². The lowest BCUT2D eigenvalue weighted by Crippen LogP contribution is -2.14. The fourth-order valence-corrected chi connectivity index (χ4v) is 2.98. The molecular weight excluding hydrogens is 328 g/mol. The Labute approximate surface area is 132 Å². The van der Waals surface area contributed by atoms with E-state index in [0.29, 0.717) is 0 Å². The van der Waals surface area contributed by atoms with Gasteiger partial charge in [0.05, 0.1) is 7.11 Å². The number of carbonyl (C=O) groups is 1. The topological polar surface area (TPSA) is 26.3 Å². The van der Waals surface area contributed by atoms with Crippen LogP contribution < -0.4 is 4.74 Å². The smallest absolute Gasteiger partial charge is 0.189 e. The number of benzene rings is 2. The summed E-state index contributed by atoms with van der Waals surface area (Å²) >= 11 is 3.52. The largest absolute Gasteiger partial charge is 0.497 e. The summed E-state index contributed by atoms with van der Waals surface area (Å²) in [6, 6.07) is 13.7. The SMILES string of the molecule is COc1ccc2c(c1)C(=O)C(=Cc1ccccc1Br)CC2. The van der Waals surface area contributed by atoms with E-state index in [2.05, 4.69) is 15.9 Å². The fourth-order valence-electron chi connectivity index (χ4n) is 2.59. The van der Waals surface area contributed by atoms with Gasteiger partial charge in [0.25, 0.3) is 0 Å². The molecule has 0 bridgehead atoms. The molecule has 3 heteroatoms. The number of ketones is 1. The molecule has 0 saturated heterocycles. The average Bonchev–Trinajstić information content (AvgIpc) is 2.52. The molecule has 1 aliphatic carbocycles. The van der Waals surface area contributed by atoms with E-state index in [-0.39, 0.29) is 5.78 Å². The third-order valence-corrected chi connectivity index (χ3v) is 4.47. The third-order valence-electron chi connectivity index (χ3n) is 3.75. The van der Waals surface area contributed by atoms with Crippen LogP contribution in [0.1, 0.15) is 27.9 Å². The number of Topliss-reactive ketones (excluding diaryl/α,β-unsaturated/α-hetero) is 1. The van der Waals surface area contributed by atoms with Gasteiger partial charge in [0.2, 0.25) is 0 Å². The molecule has 2 aromatic carbocycles. The minimum Gasteiger partial charge on any atom is -0.497 e. The van der Waals surface area contributed by atoms with Crippen molar-refractivity contribution in [3.05, 3.63) is 69.2 Å². The molecule has 2 aromatic rings. The minimum atomic E-state index is 0.103. The predicted molar refractivity (Wildman–Crippen MR) is 87.8 cm³/mol. The van der Waals surface area contributed by atoms with Gasteiger partial charge in [-0.3, -0.25) is 4.79 Å². The number of rotatable bonds is 2. The number of methoxy groups -OCH3 is 1. The van der Waals surface area contributed by atoms with E-state index in [1.807, 2.05) is 48.5 Å². The van der Waals surface area contributed by atoms with Crippen LogP contribution in [-0.2, 0) is 6.42 Å². The van der Waals surface area contributed by atoms with Gasteiger partial charge in [0.1, 0.15) is 5.75 Å². The highest BCUT2D eigenvalue weighted by atomic mass is 79.9. The van der Waals surface area contributed by atoms with Gasteiger partial charge in [-0.2, -0.15) is 0 Å². The van der Waals surface area contributed by atoms with Crippen LogP contribution in [-0.4, -0.2) is 12.9 Å². The lowest BCUT2D eigenvalue weighted by atomic mass is 9.86. The van der Waals surface area contributed by atoms with E-state index in [1.54, 1.807) is 7.11 Å². The van der Waals surface area contributed by atoms with Crippen LogP contribution in [0.25, 0.3) is 6.08 Å². The van der Waals surface area contributed by atoms with Crippen molar-refractivity contribution >= 4 is 27.8 Å². The van der Waals surface area contributed by atoms with Crippen LogP contribution in [0.2, 0.25) is 0 Å². The molecular formula is C18H15BrO2. The Hall–Kier alpha value is -1.87. The first-order valence-electron chi connectivity index (χ1n) is 6.86. The van der Waals surface area contributed by atoms with Crippen molar-refractivity contribution in [3.63, 3.8) is 0 Å². The van der Waals surface area contributed by atoms with Gasteiger partial charge >= 0.3 is 0 Å². The van der Waals surface area contributed by atoms with Crippen LogP contribution >= 0.6 is 15.9 Å². The molecule has 0 aromatic heterocycles. The second-order valence-corrected chi connectivity index (χ2v) is 5.90. The van der Waals surface area contributed by atoms with Gasteiger partial charge < -0.3 is 4.74 Å². The van der Waals surface area contributed by atoms with Crippen LogP contribution in [0, 0.1) is 0 Å². The van der Waals surface area contributed by atoms with Gasteiger partial charge in [-0.05, 0) is 48.2 Å². The molecule has 2 nitrogen and oxygen atoms in total. The molecule has 0 N–H and O–H groups in total. The van der Waals surface area contributed by atoms with Crippen molar-refractivity contribution in [2.75, 3.05) is 7.11 Å². The second kappa shape index (κ2) is 5.86. The van der Waals surface area contributed by atoms with Crippen LogP contribution in [0.15, 0.2) is 52.5 Å². The standard InChI is InChI=1S/C18H15BrO2/c1-21-15-9-8-12-6-7-14(18(20)16(12)11-15)10-13-4-2-3-5-17(13)19/h2-5,8-11H,6-7H2,1H3. The van der Waals surface area contributed by atoms with E-state index >= 15 is 0 Å². The molecule has 0 spiro atoms. The van der Waals surface area contributed by atoms with Gasteiger partial charge in [0.15, 0.2) is 5.78 Å². The number of ether oxygens (including phenoxy) is 1. The van der Waals surface area contributed by atoms with E-state index < -0.39 is 0 Å². The van der Waals surface area contributed by atoms with E-state index in [4.69, 9.17) is 4.74 Å². The van der Waals surface area contributed by atoms with Gasteiger partial charge in [0, 0.05) is 15.6 Å². The molecule has 0 fully saturated rings. The maximum absolute atomic E-state index is 12.7. The van der Waals surface area contributed by atoms with Crippen molar-refractivity contribution < 1.29 is 9.53 Å². The summed E-state index contributed by atoms with van der Waals surface area (Å²) < 4.78 is 6.22.